The quantitative estimate of drug-likeness (QED) is 0.868. The fourth-order valence-electron chi connectivity index (χ4n) is 2.81. The predicted octanol–water partition coefficient (Wildman–Crippen LogP) is 3.54. The SMILES string of the molecule is CCc1cnc(CNC2CCC(C(C)C)CC2)o1. The highest BCUT2D eigenvalue weighted by molar-refractivity contribution is 4.93. The summed E-state index contributed by atoms with van der Waals surface area (Å²) in [6.45, 7) is 7.55. The molecule has 1 aromatic heterocycles. The molecule has 0 bridgehead atoms. The van der Waals surface area contributed by atoms with E-state index < -0.39 is 0 Å². The van der Waals surface area contributed by atoms with Crippen molar-refractivity contribution in [3.8, 4) is 0 Å². The number of aromatic nitrogens is 1. The number of rotatable bonds is 5. The van der Waals surface area contributed by atoms with Crippen molar-refractivity contribution >= 4 is 0 Å². The van der Waals surface area contributed by atoms with Gasteiger partial charge >= 0.3 is 0 Å². The summed E-state index contributed by atoms with van der Waals surface area (Å²) in [5, 5.41) is 3.58. The smallest absolute Gasteiger partial charge is 0.208 e. The summed E-state index contributed by atoms with van der Waals surface area (Å²) < 4.78 is 5.61. The maximum Gasteiger partial charge on any atom is 0.208 e. The fraction of sp³-hybridized carbons (Fsp3) is 0.800. The molecule has 3 nitrogen and oxygen atoms in total. The molecule has 18 heavy (non-hydrogen) atoms. The van der Waals surface area contributed by atoms with Gasteiger partial charge in [0.25, 0.3) is 0 Å². The first-order chi connectivity index (χ1) is 8.69. The molecule has 0 spiro atoms. The largest absolute Gasteiger partial charge is 0.444 e. The number of aryl methyl sites for hydroxylation is 1. The van der Waals surface area contributed by atoms with Crippen molar-refractivity contribution in [3.63, 3.8) is 0 Å². The maximum absolute atomic E-state index is 5.61. The third kappa shape index (κ3) is 3.58. The lowest BCUT2D eigenvalue weighted by Gasteiger charge is -2.31. The lowest BCUT2D eigenvalue weighted by Crippen LogP contribution is -2.33. The van der Waals surface area contributed by atoms with Crippen molar-refractivity contribution in [2.24, 2.45) is 11.8 Å². The standard InChI is InChI=1S/C15H26N2O/c1-4-14-9-17-15(18-14)10-16-13-7-5-12(6-8-13)11(2)3/h9,11-13,16H,4-8,10H2,1-3H3. The van der Waals surface area contributed by atoms with Gasteiger partial charge in [-0.25, -0.2) is 4.98 Å². The van der Waals surface area contributed by atoms with Crippen LogP contribution in [-0.2, 0) is 13.0 Å². The minimum absolute atomic E-state index is 0.650. The van der Waals surface area contributed by atoms with Gasteiger partial charge in [0.2, 0.25) is 5.89 Å². The van der Waals surface area contributed by atoms with Crippen molar-refractivity contribution in [1.82, 2.24) is 10.3 Å². The molecule has 1 fully saturated rings. The summed E-state index contributed by atoms with van der Waals surface area (Å²) >= 11 is 0. The van der Waals surface area contributed by atoms with Crippen LogP contribution in [-0.4, -0.2) is 11.0 Å². The Kier molecular flexibility index (Phi) is 4.81. The zero-order chi connectivity index (χ0) is 13.0. The van der Waals surface area contributed by atoms with Crippen molar-refractivity contribution in [1.29, 1.82) is 0 Å². The van der Waals surface area contributed by atoms with Gasteiger partial charge in [0, 0.05) is 12.5 Å². The minimum Gasteiger partial charge on any atom is -0.444 e. The highest BCUT2D eigenvalue weighted by Gasteiger charge is 2.23. The molecule has 1 N–H and O–H groups in total. The topological polar surface area (TPSA) is 38.1 Å². The Bertz CT molecular complexity index is 351. The molecule has 102 valence electrons. The lowest BCUT2D eigenvalue weighted by atomic mass is 9.80. The van der Waals surface area contributed by atoms with Crippen LogP contribution >= 0.6 is 0 Å². The lowest BCUT2D eigenvalue weighted by molar-refractivity contribution is 0.234. The van der Waals surface area contributed by atoms with E-state index in [4.69, 9.17) is 4.42 Å². The van der Waals surface area contributed by atoms with Gasteiger partial charge in [-0.1, -0.05) is 20.8 Å². The molecule has 1 aliphatic rings. The van der Waals surface area contributed by atoms with E-state index in [0.29, 0.717) is 6.04 Å². The van der Waals surface area contributed by atoms with Gasteiger partial charge in [0.05, 0.1) is 12.7 Å². The first-order valence-electron chi connectivity index (χ1n) is 7.36. The summed E-state index contributed by atoms with van der Waals surface area (Å²) in [5.41, 5.74) is 0. The van der Waals surface area contributed by atoms with E-state index in [1.807, 2.05) is 6.20 Å². The normalized spacial score (nSPS) is 24.7. The fourth-order valence-corrected chi connectivity index (χ4v) is 2.81. The predicted molar refractivity (Wildman–Crippen MR) is 73.3 cm³/mol. The number of nitrogens with one attached hydrogen (secondary N) is 1. The second kappa shape index (κ2) is 6.37. The molecule has 0 amide bonds. The van der Waals surface area contributed by atoms with Gasteiger partial charge in [-0.05, 0) is 37.5 Å². The number of hydrogen-bond donors (Lipinski definition) is 1. The van der Waals surface area contributed by atoms with Crippen LogP contribution in [0.25, 0.3) is 0 Å². The molecule has 1 aliphatic carbocycles. The van der Waals surface area contributed by atoms with Crippen LogP contribution in [0.3, 0.4) is 0 Å². The monoisotopic (exact) mass is 250 g/mol. The maximum atomic E-state index is 5.61. The molecule has 2 rings (SSSR count). The Hall–Kier alpha value is -0.830. The Morgan fingerprint density at radius 1 is 1.33 bits per heavy atom. The Labute approximate surface area is 110 Å². The number of nitrogens with zero attached hydrogens (tertiary/aromatic N) is 1. The van der Waals surface area contributed by atoms with Gasteiger partial charge in [0.1, 0.15) is 5.76 Å². The van der Waals surface area contributed by atoms with Gasteiger partial charge in [0.15, 0.2) is 0 Å². The van der Waals surface area contributed by atoms with E-state index in [-0.39, 0.29) is 0 Å². The van der Waals surface area contributed by atoms with Crippen LogP contribution in [0.4, 0.5) is 0 Å². The van der Waals surface area contributed by atoms with Crippen molar-refractivity contribution in [3.05, 3.63) is 17.8 Å². The van der Waals surface area contributed by atoms with E-state index >= 15 is 0 Å². The first-order valence-corrected chi connectivity index (χ1v) is 7.36. The Morgan fingerprint density at radius 2 is 2.06 bits per heavy atom. The number of oxazole rings is 1. The van der Waals surface area contributed by atoms with Crippen molar-refractivity contribution in [2.45, 2.75) is 65.5 Å². The van der Waals surface area contributed by atoms with Gasteiger partial charge in [-0.2, -0.15) is 0 Å². The van der Waals surface area contributed by atoms with Crippen LogP contribution in [0.2, 0.25) is 0 Å². The molecule has 0 radical (unpaired) electrons. The molecule has 1 heterocycles. The minimum atomic E-state index is 0.650. The molecule has 1 saturated carbocycles. The van der Waals surface area contributed by atoms with Crippen LogP contribution < -0.4 is 5.32 Å². The Morgan fingerprint density at radius 3 is 2.61 bits per heavy atom. The Balaban J connectivity index is 1.72. The summed E-state index contributed by atoms with van der Waals surface area (Å²) in [4.78, 5) is 4.29. The summed E-state index contributed by atoms with van der Waals surface area (Å²) in [5.74, 6) is 3.58. The van der Waals surface area contributed by atoms with E-state index in [2.05, 4.69) is 31.1 Å². The third-order valence-corrected chi connectivity index (χ3v) is 4.21. The van der Waals surface area contributed by atoms with Crippen LogP contribution in [0, 0.1) is 11.8 Å². The average molecular weight is 250 g/mol. The zero-order valence-electron chi connectivity index (χ0n) is 11.9. The van der Waals surface area contributed by atoms with E-state index in [1.54, 1.807) is 0 Å². The highest BCUT2D eigenvalue weighted by atomic mass is 16.4. The molecule has 3 heteroatoms. The molecule has 0 unspecified atom stereocenters. The highest BCUT2D eigenvalue weighted by Crippen LogP contribution is 2.29. The molecule has 0 saturated heterocycles. The van der Waals surface area contributed by atoms with Gasteiger partial charge in [-0.3, -0.25) is 0 Å². The summed E-state index contributed by atoms with van der Waals surface area (Å²) in [7, 11) is 0. The second-order valence-electron chi connectivity index (χ2n) is 5.81. The molecule has 0 atom stereocenters. The van der Waals surface area contributed by atoms with Crippen LogP contribution in [0.5, 0.6) is 0 Å². The van der Waals surface area contributed by atoms with E-state index in [9.17, 15) is 0 Å². The van der Waals surface area contributed by atoms with Crippen molar-refractivity contribution in [2.75, 3.05) is 0 Å². The molecule has 0 aromatic carbocycles. The zero-order valence-corrected chi connectivity index (χ0v) is 11.9. The first kappa shape index (κ1) is 13.6. The second-order valence-corrected chi connectivity index (χ2v) is 5.81. The third-order valence-electron chi connectivity index (χ3n) is 4.21. The van der Waals surface area contributed by atoms with Crippen molar-refractivity contribution < 1.29 is 4.42 Å². The summed E-state index contributed by atoms with van der Waals surface area (Å²) in [6, 6.07) is 0.650. The van der Waals surface area contributed by atoms with Gasteiger partial charge in [-0.15, -0.1) is 0 Å². The van der Waals surface area contributed by atoms with E-state index in [0.717, 1.165) is 36.5 Å². The molecular formula is C15H26N2O. The molecular weight excluding hydrogens is 224 g/mol. The van der Waals surface area contributed by atoms with Crippen LogP contribution in [0.15, 0.2) is 10.6 Å². The van der Waals surface area contributed by atoms with E-state index in [1.165, 1.54) is 25.7 Å². The number of hydrogen-bond acceptors (Lipinski definition) is 3. The summed E-state index contributed by atoms with van der Waals surface area (Å²) in [6.07, 6.45) is 8.08. The van der Waals surface area contributed by atoms with Gasteiger partial charge < -0.3 is 9.73 Å². The average Bonchev–Trinajstić information content (AvgIpc) is 2.85. The molecule has 1 aromatic rings. The molecule has 0 aliphatic heterocycles. The van der Waals surface area contributed by atoms with Crippen LogP contribution in [0.1, 0.15) is 58.1 Å².